The first-order valence-corrected chi connectivity index (χ1v) is 9.49. The van der Waals surface area contributed by atoms with Gasteiger partial charge in [0, 0.05) is 37.4 Å². The summed E-state index contributed by atoms with van der Waals surface area (Å²) in [5.74, 6) is 0.917. The van der Waals surface area contributed by atoms with Crippen molar-refractivity contribution in [3.8, 4) is 0 Å². The zero-order chi connectivity index (χ0) is 17.8. The topological polar surface area (TPSA) is 75.4 Å². The Balaban J connectivity index is 1.56. The van der Waals surface area contributed by atoms with Crippen LogP contribution in [0.5, 0.6) is 0 Å². The Morgan fingerprint density at radius 1 is 1.24 bits per heavy atom. The fourth-order valence-electron chi connectivity index (χ4n) is 2.87. The van der Waals surface area contributed by atoms with Crippen LogP contribution >= 0.6 is 34.2 Å². The van der Waals surface area contributed by atoms with Crippen molar-refractivity contribution >= 4 is 45.9 Å². The van der Waals surface area contributed by atoms with E-state index < -0.39 is 6.04 Å². The molecule has 0 radical (unpaired) electrons. The molecule has 2 heterocycles. The van der Waals surface area contributed by atoms with Gasteiger partial charge in [0.1, 0.15) is 12.1 Å². The molecule has 1 atom stereocenters. The van der Waals surface area contributed by atoms with Gasteiger partial charge in [0.25, 0.3) is 0 Å². The molecule has 3 rings (SSSR count). The number of nitrogens with zero attached hydrogens (tertiary/aromatic N) is 4. The molecule has 1 aromatic heterocycles. The molecule has 0 aliphatic carbocycles. The van der Waals surface area contributed by atoms with Crippen LogP contribution < -0.4 is 10.6 Å². The molecule has 1 fully saturated rings. The van der Waals surface area contributed by atoms with Gasteiger partial charge >= 0.3 is 0 Å². The first-order valence-electron chi connectivity index (χ1n) is 8.04. The van der Waals surface area contributed by atoms with Crippen molar-refractivity contribution in [3.63, 3.8) is 0 Å². The maximum absolute atomic E-state index is 12.6. The number of aromatic nitrogens is 2. The van der Waals surface area contributed by atoms with Crippen molar-refractivity contribution in [1.29, 1.82) is 0 Å². The smallest absolute Gasteiger partial charge is 0.239 e. The Morgan fingerprint density at radius 3 is 2.56 bits per heavy atom. The van der Waals surface area contributed by atoms with Crippen LogP contribution in [0.4, 0.5) is 5.82 Å². The van der Waals surface area contributed by atoms with Gasteiger partial charge in [0.2, 0.25) is 5.91 Å². The maximum Gasteiger partial charge on any atom is 0.239 e. The van der Waals surface area contributed by atoms with Crippen LogP contribution in [0.3, 0.4) is 0 Å². The monoisotopic (exact) mass is 471 g/mol. The number of anilines is 1. The second kappa shape index (κ2) is 8.29. The molecule has 6 nitrogen and oxygen atoms in total. The molecule has 2 N–H and O–H groups in total. The zero-order valence-electron chi connectivity index (χ0n) is 13.6. The SMILES string of the molecule is NC(Cc1ccc(Cl)cc1)C(=O)N1CCN(c2ncncc2I)CC1. The van der Waals surface area contributed by atoms with Gasteiger partial charge in [-0.3, -0.25) is 4.79 Å². The van der Waals surface area contributed by atoms with Gasteiger partial charge in [-0.15, -0.1) is 0 Å². The van der Waals surface area contributed by atoms with E-state index in [0.717, 1.165) is 28.0 Å². The van der Waals surface area contributed by atoms with Crippen molar-refractivity contribution in [2.75, 3.05) is 31.1 Å². The minimum absolute atomic E-state index is 0.00742. The minimum Gasteiger partial charge on any atom is -0.352 e. The number of carbonyl (C=O) groups is 1. The summed E-state index contributed by atoms with van der Waals surface area (Å²) in [5, 5.41) is 0.680. The summed E-state index contributed by atoms with van der Waals surface area (Å²) in [4.78, 5) is 25.0. The van der Waals surface area contributed by atoms with E-state index in [1.54, 1.807) is 12.5 Å². The lowest BCUT2D eigenvalue weighted by Gasteiger charge is -2.36. The summed E-state index contributed by atoms with van der Waals surface area (Å²) in [6, 6.07) is 6.91. The Labute approximate surface area is 165 Å². The third kappa shape index (κ3) is 4.59. The molecule has 1 amide bonds. The predicted molar refractivity (Wildman–Crippen MR) is 107 cm³/mol. The summed E-state index contributed by atoms with van der Waals surface area (Å²) in [7, 11) is 0. The highest BCUT2D eigenvalue weighted by Gasteiger charge is 2.26. The highest BCUT2D eigenvalue weighted by molar-refractivity contribution is 14.1. The molecule has 8 heteroatoms. The average Bonchev–Trinajstić information content (AvgIpc) is 2.63. The fourth-order valence-corrected chi connectivity index (χ4v) is 3.64. The van der Waals surface area contributed by atoms with Crippen LogP contribution in [-0.2, 0) is 11.2 Å². The molecule has 0 spiro atoms. The largest absolute Gasteiger partial charge is 0.352 e. The quantitative estimate of drug-likeness (QED) is 0.690. The van der Waals surface area contributed by atoms with Gasteiger partial charge in [-0.25, -0.2) is 9.97 Å². The Bertz CT molecular complexity index is 734. The van der Waals surface area contributed by atoms with Crippen molar-refractivity contribution in [2.24, 2.45) is 5.73 Å². The summed E-state index contributed by atoms with van der Waals surface area (Å²) >= 11 is 8.12. The third-order valence-corrected chi connectivity index (χ3v) is 5.24. The molecule has 0 saturated carbocycles. The summed E-state index contributed by atoms with van der Waals surface area (Å²) in [6.07, 6.45) is 3.86. The van der Waals surface area contributed by atoms with Crippen molar-refractivity contribution in [3.05, 3.63) is 50.9 Å². The number of amides is 1. The standard InChI is InChI=1S/C17H19ClIN5O/c18-13-3-1-12(2-4-13)9-15(20)17(25)24-7-5-23(6-8-24)16-14(19)10-21-11-22-16/h1-4,10-11,15H,5-9,20H2. The molecule has 1 unspecified atom stereocenters. The molecule has 1 saturated heterocycles. The number of piperazine rings is 1. The number of carbonyl (C=O) groups excluding carboxylic acids is 1. The number of rotatable bonds is 4. The van der Waals surface area contributed by atoms with E-state index >= 15 is 0 Å². The van der Waals surface area contributed by atoms with Crippen molar-refractivity contribution in [1.82, 2.24) is 14.9 Å². The van der Waals surface area contributed by atoms with Gasteiger partial charge in [0.15, 0.2) is 0 Å². The second-order valence-electron chi connectivity index (χ2n) is 5.94. The van der Waals surface area contributed by atoms with Crippen LogP contribution in [0, 0.1) is 3.57 Å². The lowest BCUT2D eigenvalue weighted by Crippen LogP contribution is -2.54. The fraction of sp³-hybridized carbons (Fsp3) is 0.353. The molecule has 25 heavy (non-hydrogen) atoms. The minimum atomic E-state index is -0.535. The molecule has 2 aromatic rings. The van der Waals surface area contributed by atoms with E-state index in [-0.39, 0.29) is 5.91 Å². The highest BCUT2D eigenvalue weighted by Crippen LogP contribution is 2.20. The Hall–Kier alpha value is -1.45. The first kappa shape index (κ1) is 18.3. The molecule has 132 valence electrons. The van der Waals surface area contributed by atoms with Gasteiger partial charge < -0.3 is 15.5 Å². The van der Waals surface area contributed by atoms with E-state index in [1.165, 1.54) is 0 Å². The molecular weight excluding hydrogens is 453 g/mol. The van der Waals surface area contributed by atoms with Gasteiger partial charge in [-0.05, 0) is 46.7 Å². The molecule has 1 aromatic carbocycles. The van der Waals surface area contributed by atoms with Crippen molar-refractivity contribution < 1.29 is 4.79 Å². The van der Waals surface area contributed by atoms with Gasteiger partial charge in [-0.2, -0.15) is 0 Å². The number of hydrogen-bond acceptors (Lipinski definition) is 5. The van der Waals surface area contributed by atoms with E-state index in [1.807, 2.05) is 29.2 Å². The normalized spacial score (nSPS) is 16.0. The van der Waals surface area contributed by atoms with E-state index in [4.69, 9.17) is 17.3 Å². The predicted octanol–water partition coefficient (Wildman–Crippen LogP) is 1.95. The van der Waals surface area contributed by atoms with Crippen LogP contribution in [0.25, 0.3) is 0 Å². The van der Waals surface area contributed by atoms with Gasteiger partial charge in [0.05, 0.1) is 9.61 Å². The molecule has 1 aliphatic rings. The highest BCUT2D eigenvalue weighted by atomic mass is 127. The summed E-state index contributed by atoms with van der Waals surface area (Å²) in [6.45, 7) is 2.78. The summed E-state index contributed by atoms with van der Waals surface area (Å²) < 4.78 is 1.01. The molecule has 1 aliphatic heterocycles. The lowest BCUT2D eigenvalue weighted by atomic mass is 10.1. The zero-order valence-corrected chi connectivity index (χ0v) is 16.5. The summed E-state index contributed by atoms with van der Waals surface area (Å²) in [5.41, 5.74) is 7.14. The molecular formula is C17H19ClIN5O. The average molecular weight is 472 g/mol. The first-order chi connectivity index (χ1) is 12.0. The number of halogens is 2. The third-order valence-electron chi connectivity index (χ3n) is 4.23. The van der Waals surface area contributed by atoms with E-state index in [9.17, 15) is 4.79 Å². The van der Waals surface area contributed by atoms with Crippen LogP contribution in [-0.4, -0.2) is 53.0 Å². The van der Waals surface area contributed by atoms with E-state index in [2.05, 4.69) is 37.5 Å². The second-order valence-corrected chi connectivity index (χ2v) is 7.54. The van der Waals surface area contributed by atoms with Crippen LogP contribution in [0.1, 0.15) is 5.56 Å². The number of benzene rings is 1. The number of hydrogen-bond donors (Lipinski definition) is 1. The van der Waals surface area contributed by atoms with E-state index in [0.29, 0.717) is 24.5 Å². The van der Waals surface area contributed by atoms with Crippen LogP contribution in [0.2, 0.25) is 5.02 Å². The van der Waals surface area contributed by atoms with Gasteiger partial charge in [-0.1, -0.05) is 23.7 Å². The Kier molecular flexibility index (Phi) is 6.08. The Morgan fingerprint density at radius 2 is 1.92 bits per heavy atom. The maximum atomic E-state index is 12.6. The lowest BCUT2D eigenvalue weighted by molar-refractivity contribution is -0.132. The van der Waals surface area contributed by atoms with Crippen LogP contribution in [0.15, 0.2) is 36.8 Å². The van der Waals surface area contributed by atoms with Crippen molar-refractivity contribution in [2.45, 2.75) is 12.5 Å². The molecule has 0 bridgehead atoms. The number of nitrogens with two attached hydrogens (primary N) is 1.